The van der Waals surface area contributed by atoms with Gasteiger partial charge in [0.25, 0.3) is 5.56 Å². The van der Waals surface area contributed by atoms with E-state index in [0.717, 1.165) is 38.8 Å². The Morgan fingerprint density at radius 3 is 2.50 bits per heavy atom. The Labute approximate surface area is 165 Å². The van der Waals surface area contributed by atoms with Crippen LogP contribution in [0.3, 0.4) is 0 Å². The highest BCUT2D eigenvalue weighted by atomic mass is 16.5. The number of nitrogens with zero attached hydrogens (tertiary/aromatic N) is 3. The van der Waals surface area contributed by atoms with Gasteiger partial charge in [0.05, 0.1) is 13.2 Å². The van der Waals surface area contributed by atoms with Gasteiger partial charge in [0.1, 0.15) is 5.82 Å². The molecule has 1 aromatic heterocycles. The fraction of sp³-hybridized carbons (Fsp3) is 0.737. The summed E-state index contributed by atoms with van der Waals surface area (Å²) in [6, 6.07) is 0. The fourth-order valence-corrected chi connectivity index (χ4v) is 3.49. The van der Waals surface area contributed by atoms with E-state index in [-0.39, 0.29) is 37.1 Å². The van der Waals surface area contributed by atoms with Gasteiger partial charge in [-0.05, 0) is 32.4 Å². The number of anilines is 2. The van der Waals surface area contributed by atoms with E-state index in [1.165, 1.54) is 29.4 Å². The van der Waals surface area contributed by atoms with Crippen LogP contribution in [-0.2, 0) is 16.1 Å². The van der Waals surface area contributed by atoms with Crippen molar-refractivity contribution < 1.29 is 9.53 Å². The van der Waals surface area contributed by atoms with Gasteiger partial charge in [-0.25, -0.2) is 4.79 Å². The summed E-state index contributed by atoms with van der Waals surface area (Å²) >= 11 is 0. The summed E-state index contributed by atoms with van der Waals surface area (Å²) in [6.07, 6.45) is 6.10. The molecule has 0 aliphatic carbocycles. The van der Waals surface area contributed by atoms with E-state index in [1.807, 2.05) is 6.92 Å². The zero-order chi connectivity index (χ0) is 20.5. The number of carbonyl (C=O) groups excluding carboxylic acids is 1. The number of methoxy groups -OCH3 is 1. The molecule has 0 aromatic carbocycles. The molecule has 0 bridgehead atoms. The van der Waals surface area contributed by atoms with Gasteiger partial charge in [0.15, 0.2) is 5.69 Å². The minimum absolute atomic E-state index is 0.0301. The van der Waals surface area contributed by atoms with Crippen molar-refractivity contribution in [1.29, 1.82) is 0 Å². The van der Waals surface area contributed by atoms with Gasteiger partial charge in [-0.3, -0.25) is 24.0 Å². The maximum Gasteiger partial charge on any atom is 0.330 e. The van der Waals surface area contributed by atoms with Crippen molar-refractivity contribution in [1.82, 2.24) is 14.5 Å². The molecule has 2 rings (SSSR count). The van der Waals surface area contributed by atoms with Gasteiger partial charge in [0.2, 0.25) is 5.91 Å². The first-order chi connectivity index (χ1) is 13.5. The molecule has 1 saturated heterocycles. The summed E-state index contributed by atoms with van der Waals surface area (Å²) in [5.41, 5.74) is 5.03. The summed E-state index contributed by atoms with van der Waals surface area (Å²) in [6.45, 7) is 4.81. The van der Waals surface area contributed by atoms with Gasteiger partial charge >= 0.3 is 5.69 Å². The lowest BCUT2D eigenvalue weighted by atomic mass is 10.2. The zero-order valence-corrected chi connectivity index (χ0v) is 17.0. The molecule has 0 saturated carbocycles. The number of hydrogen-bond donors (Lipinski definition) is 2. The standard InChI is InChI=1S/C19H33N5O4/c1-3-4-11-24-17(20)16(18(26)21-19(24)27)23(12-13-28-2)15(25)14-22-9-7-5-6-8-10-22/h3-14,20H2,1-2H3,(H,21,26,27). The number of ether oxygens (including phenoxy) is 1. The molecule has 9 heteroatoms. The van der Waals surface area contributed by atoms with E-state index in [4.69, 9.17) is 10.5 Å². The van der Waals surface area contributed by atoms with Crippen LogP contribution >= 0.6 is 0 Å². The molecule has 28 heavy (non-hydrogen) atoms. The monoisotopic (exact) mass is 395 g/mol. The molecule has 1 fully saturated rings. The summed E-state index contributed by atoms with van der Waals surface area (Å²) < 4.78 is 6.46. The van der Waals surface area contributed by atoms with Crippen LogP contribution in [0.1, 0.15) is 45.4 Å². The van der Waals surface area contributed by atoms with Crippen molar-refractivity contribution >= 4 is 17.4 Å². The first-order valence-electron chi connectivity index (χ1n) is 10.1. The van der Waals surface area contributed by atoms with Gasteiger partial charge in [-0.1, -0.05) is 26.2 Å². The highest BCUT2D eigenvalue weighted by molar-refractivity contribution is 5.96. The zero-order valence-electron chi connectivity index (χ0n) is 17.0. The van der Waals surface area contributed by atoms with Crippen LogP contribution in [0.5, 0.6) is 0 Å². The fourth-order valence-electron chi connectivity index (χ4n) is 3.49. The third-order valence-electron chi connectivity index (χ3n) is 5.10. The summed E-state index contributed by atoms with van der Waals surface area (Å²) in [5, 5.41) is 0. The van der Waals surface area contributed by atoms with Crippen LogP contribution in [0.4, 0.5) is 11.5 Å². The van der Waals surface area contributed by atoms with Gasteiger partial charge < -0.3 is 15.4 Å². The number of amides is 1. The number of nitrogens with two attached hydrogens (primary N) is 1. The third-order valence-corrected chi connectivity index (χ3v) is 5.10. The average Bonchev–Trinajstić information content (AvgIpc) is 2.92. The van der Waals surface area contributed by atoms with Crippen molar-refractivity contribution in [3.8, 4) is 0 Å². The maximum atomic E-state index is 13.1. The number of hydrogen-bond acceptors (Lipinski definition) is 6. The molecule has 1 amide bonds. The Morgan fingerprint density at radius 1 is 1.21 bits per heavy atom. The predicted octanol–water partition coefficient (Wildman–Crippen LogP) is 0.774. The first-order valence-corrected chi connectivity index (χ1v) is 10.1. The molecule has 0 radical (unpaired) electrons. The van der Waals surface area contributed by atoms with Gasteiger partial charge in [-0.2, -0.15) is 0 Å². The molecule has 1 aromatic rings. The largest absolute Gasteiger partial charge is 0.383 e. The van der Waals surface area contributed by atoms with Crippen LogP contribution in [0, 0.1) is 0 Å². The van der Waals surface area contributed by atoms with Crippen LogP contribution in [-0.4, -0.2) is 60.3 Å². The Bertz CT molecular complexity index is 750. The lowest BCUT2D eigenvalue weighted by molar-refractivity contribution is -0.119. The number of likely N-dealkylation sites (tertiary alicyclic amines) is 1. The number of rotatable bonds is 9. The minimum Gasteiger partial charge on any atom is -0.383 e. The van der Waals surface area contributed by atoms with E-state index >= 15 is 0 Å². The van der Waals surface area contributed by atoms with Crippen molar-refractivity contribution in [2.45, 2.75) is 52.0 Å². The highest BCUT2D eigenvalue weighted by Gasteiger charge is 2.25. The van der Waals surface area contributed by atoms with E-state index in [2.05, 4.69) is 9.88 Å². The van der Waals surface area contributed by atoms with Crippen LogP contribution in [0.15, 0.2) is 9.59 Å². The maximum absolute atomic E-state index is 13.1. The smallest absolute Gasteiger partial charge is 0.330 e. The molecule has 1 aliphatic rings. The molecule has 1 aliphatic heterocycles. The Hall–Kier alpha value is -2.13. The molecule has 9 nitrogen and oxygen atoms in total. The molecule has 158 valence electrons. The number of nitrogens with one attached hydrogen (secondary N) is 1. The molecule has 2 heterocycles. The molecule has 0 spiro atoms. The Balaban J connectivity index is 2.34. The molecule has 0 unspecified atom stereocenters. The molecular formula is C19H33N5O4. The summed E-state index contributed by atoms with van der Waals surface area (Å²) in [5.74, 6) is -0.181. The van der Waals surface area contributed by atoms with Crippen LogP contribution < -0.4 is 21.9 Å². The SMILES string of the molecule is CCCCn1c(N)c(N(CCOC)C(=O)CN2CCCCCC2)c(=O)[nH]c1=O. The van der Waals surface area contributed by atoms with E-state index in [1.54, 1.807) is 0 Å². The van der Waals surface area contributed by atoms with Crippen LogP contribution in [0.25, 0.3) is 0 Å². The number of carbonyl (C=O) groups is 1. The summed E-state index contributed by atoms with van der Waals surface area (Å²) in [4.78, 5) is 43.6. The van der Waals surface area contributed by atoms with Crippen molar-refractivity contribution in [3.63, 3.8) is 0 Å². The van der Waals surface area contributed by atoms with E-state index in [0.29, 0.717) is 6.54 Å². The van der Waals surface area contributed by atoms with E-state index < -0.39 is 11.2 Å². The quantitative estimate of drug-likeness (QED) is 0.639. The Kier molecular flexibility index (Phi) is 8.72. The van der Waals surface area contributed by atoms with Crippen molar-refractivity contribution in [2.75, 3.05) is 50.5 Å². The first kappa shape index (κ1) is 22.2. The van der Waals surface area contributed by atoms with Crippen LogP contribution in [0.2, 0.25) is 0 Å². The third kappa shape index (κ3) is 5.68. The minimum atomic E-state index is -0.643. The normalized spacial score (nSPS) is 15.4. The summed E-state index contributed by atoms with van der Waals surface area (Å²) in [7, 11) is 1.53. The molecule has 0 atom stereocenters. The van der Waals surface area contributed by atoms with Gasteiger partial charge in [0, 0.05) is 20.2 Å². The van der Waals surface area contributed by atoms with E-state index in [9.17, 15) is 14.4 Å². The van der Waals surface area contributed by atoms with Crippen molar-refractivity contribution in [2.24, 2.45) is 0 Å². The number of unbranched alkanes of at least 4 members (excludes halogenated alkanes) is 1. The van der Waals surface area contributed by atoms with Crippen molar-refractivity contribution in [3.05, 3.63) is 20.8 Å². The highest BCUT2D eigenvalue weighted by Crippen LogP contribution is 2.18. The topological polar surface area (TPSA) is 114 Å². The predicted molar refractivity (Wildman–Crippen MR) is 110 cm³/mol. The Morgan fingerprint density at radius 2 is 1.89 bits per heavy atom. The van der Waals surface area contributed by atoms with Gasteiger partial charge in [-0.15, -0.1) is 0 Å². The molecule has 3 N–H and O–H groups in total. The number of aromatic amines is 1. The number of H-pyrrole nitrogens is 1. The number of aromatic nitrogens is 2. The second kappa shape index (κ2) is 11.0. The second-order valence-corrected chi connectivity index (χ2v) is 7.23. The second-order valence-electron chi connectivity index (χ2n) is 7.23. The lowest BCUT2D eigenvalue weighted by Crippen LogP contribution is -2.46. The number of nitrogen functional groups attached to an aromatic ring is 1. The lowest BCUT2D eigenvalue weighted by Gasteiger charge is -2.27. The molecular weight excluding hydrogens is 362 g/mol. The average molecular weight is 396 g/mol.